The monoisotopic (exact) mass is 281 g/mol. The molecule has 6 nitrogen and oxygen atoms in total. The lowest BCUT2D eigenvalue weighted by molar-refractivity contribution is -0.141. The van der Waals surface area contributed by atoms with E-state index in [0.717, 1.165) is 0 Å². The molecule has 1 rings (SSSR count). The van der Waals surface area contributed by atoms with E-state index in [4.69, 9.17) is 14.6 Å². The number of amides is 1. The SMILES string of the molecule is COCCOc1ccccc1C(=O)N(C)C(C)C(=O)O. The zero-order chi connectivity index (χ0) is 15.1. The highest BCUT2D eigenvalue weighted by molar-refractivity contribution is 5.98. The Hall–Kier alpha value is -2.08. The molecule has 0 spiro atoms. The first-order valence-electron chi connectivity index (χ1n) is 6.19. The molecule has 1 N–H and O–H groups in total. The maximum Gasteiger partial charge on any atom is 0.326 e. The minimum absolute atomic E-state index is 0.318. The molecule has 110 valence electrons. The molecule has 0 aliphatic heterocycles. The summed E-state index contributed by atoms with van der Waals surface area (Å²) in [5.74, 6) is -1.04. The molecular weight excluding hydrogens is 262 g/mol. The number of nitrogens with zero attached hydrogens (tertiary/aromatic N) is 1. The van der Waals surface area contributed by atoms with Crippen LogP contribution in [0.4, 0.5) is 0 Å². The van der Waals surface area contributed by atoms with Gasteiger partial charge in [0.2, 0.25) is 0 Å². The van der Waals surface area contributed by atoms with Crippen molar-refractivity contribution in [2.24, 2.45) is 0 Å². The van der Waals surface area contributed by atoms with Crippen molar-refractivity contribution < 1.29 is 24.2 Å². The summed E-state index contributed by atoms with van der Waals surface area (Å²) in [4.78, 5) is 24.4. The molecule has 1 aromatic carbocycles. The Labute approximate surface area is 117 Å². The number of methoxy groups -OCH3 is 1. The molecule has 1 amide bonds. The number of benzene rings is 1. The fraction of sp³-hybridized carbons (Fsp3) is 0.429. The lowest BCUT2D eigenvalue weighted by Crippen LogP contribution is -2.40. The van der Waals surface area contributed by atoms with Crippen LogP contribution in [0.15, 0.2) is 24.3 Å². The number of hydrogen-bond acceptors (Lipinski definition) is 4. The first kappa shape index (κ1) is 16.0. The van der Waals surface area contributed by atoms with Crippen molar-refractivity contribution in [3.63, 3.8) is 0 Å². The number of ether oxygens (including phenoxy) is 2. The molecule has 0 heterocycles. The number of carbonyl (C=O) groups excluding carboxylic acids is 1. The standard InChI is InChI=1S/C14H19NO5/c1-10(14(17)18)15(2)13(16)11-6-4-5-7-12(11)20-9-8-19-3/h4-7,10H,8-9H2,1-3H3,(H,17,18). The zero-order valence-electron chi connectivity index (χ0n) is 11.8. The van der Waals surface area contributed by atoms with E-state index in [9.17, 15) is 9.59 Å². The van der Waals surface area contributed by atoms with Crippen LogP contribution in [0.2, 0.25) is 0 Å². The number of likely N-dealkylation sites (N-methyl/N-ethyl adjacent to an activating group) is 1. The number of rotatable bonds is 7. The van der Waals surface area contributed by atoms with Gasteiger partial charge in [-0.25, -0.2) is 4.79 Å². The van der Waals surface area contributed by atoms with E-state index < -0.39 is 17.9 Å². The van der Waals surface area contributed by atoms with Gasteiger partial charge in [-0.05, 0) is 19.1 Å². The van der Waals surface area contributed by atoms with E-state index in [1.807, 2.05) is 0 Å². The number of para-hydroxylation sites is 1. The van der Waals surface area contributed by atoms with E-state index >= 15 is 0 Å². The maximum atomic E-state index is 12.3. The van der Waals surface area contributed by atoms with Crippen molar-refractivity contribution in [3.05, 3.63) is 29.8 Å². The fourth-order valence-corrected chi connectivity index (χ4v) is 1.54. The maximum absolute atomic E-state index is 12.3. The van der Waals surface area contributed by atoms with E-state index in [2.05, 4.69) is 0 Å². The van der Waals surface area contributed by atoms with Gasteiger partial charge in [-0.1, -0.05) is 12.1 Å². The number of aliphatic carboxylic acids is 1. The quantitative estimate of drug-likeness (QED) is 0.761. The van der Waals surface area contributed by atoms with Crippen LogP contribution in [0.5, 0.6) is 5.75 Å². The van der Waals surface area contributed by atoms with Crippen molar-refractivity contribution in [2.75, 3.05) is 27.4 Å². The van der Waals surface area contributed by atoms with Crippen LogP contribution < -0.4 is 4.74 Å². The third-order valence-corrected chi connectivity index (χ3v) is 2.92. The van der Waals surface area contributed by atoms with Crippen LogP contribution in [-0.4, -0.2) is 55.3 Å². The van der Waals surface area contributed by atoms with Crippen LogP contribution in [0.1, 0.15) is 17.3 Å². The van der Waals surface area contributed by atoms with Crippen LogP contribution in [0, 0.1) is 0 Å². The molecule has 1 unspecified atom stereocenters. The van der Waals surface area contributed by atoms with Gasteiger partial charge >= 0.3 is 5.97 Å². The number of carboxylic acid groups (broad SMARTS) is 1. The Morgan fingerprint density at radius 1 is 1.30 bits per heavy atom. The van der Waals surface area contributed by atoms with Crippen LogP contribution in [-0.2, 0) is 9.53 Å². The van der Waals surface area contributed by atoms with Crippen molar-refractivity contribution >= 4 is 11.9 Å². The largest absolute Gasteiger partial charge is 0.490 e. The second kappa shape index (κ2) is 7.49. The van der Waals surface area contributed by atoms with E-state index in [0.29, 0.717) is 24.5 Å². The van der Waals surface area contributed by atoms with Gasteiger partial charge < -0.3 is 19.5 Å². The molecule has 1 atom stereocenters. The highest BCUT2D eigenvalue weighted by Crippen LogP contribution is 2.20. The third-order valence-electron chi connectivity index (χ3n) is 2.92. The summed E-state index contributed by atoms with van der Waals surface area (Å²) < 4.78 is 10.4. The van der Waals surface area contributed by atoms with Gasteiger partial charge in [-0.3, -0.25) is 4.79 Å². The number of carbonyl (C=O) groups is 2. The molecule has 0 fully saturated rings. The Kier molecular flexibility index (Phi) is 5.99. The highest BCUT2D eigenvalue weighted by Gasteiger charge is 2.24. The predicted molar refractivity (Wildman–Crippen MR) is 73.0 cm³/mol. The smallest absolute Gasteiger partial charge is 0.326 e. The van der Waals surface area contributed by atoms with Crippen molar-refractivity contribution in [3.8, 4) is 5.75 Å². The van der Waals surface area contributed by atoms with Gasteiger partial charge in [0, 0.05) is 14.2 Å². The molecule has 0 saturated heterocycles. The summed E-state index contributed by atoms with van der Waals surface area (Å²) in [5, 5.41) is 8.95. The van der Waals surface area contributed by atoms with Gasteiger partial charge in [-0.15, -0.1) is 0 Å². The molecule has 1 aromatic rings. The van der Waals surface area contributed by atoms with Gasteiger partial charge in [0.25, 0.3) is 5.91 Å². The average molecular weight is 281 g/mol. The first-order valence-corrected chi connectivity index (χ1v) is 6.19. The topological polar surface area (TPSA) is 76.1 Å². The van der Waals surface area contributed by atoms with Gasteiger partial charge in [-0.2, -0.15) is 0 Å². The van der Waals surface area contributed by atoms with Crippen LogP contribution >= 0.6 is 0 Å². The molecule has 20 heavy (non-hydrogen) atoms. The summed E-state index contributed by atoms with van der Waals surface area (Å²) in [6.45, 7) is 2.18. The Bertz CT molecular complexity index is 474. The number of hydrogen-bond donors (Lipinski definition) is 1. The van der Waals surface area contributed by atoms with Crippen LogP contribution in [0.3, 0.4) is 0 Å². The molecule has 0 bridgehead atoms. The average Bonchev–Trinajstić information content (AvgIpc) is 2.45. The molecule has 6 heteroatoms. The normalized spacial score (nSPS) is 11.8. The first-order chi connectivity index (χ1) is 9.49. The molecule has 0 aliphatic carbocycles. The molecule has 0 aliphatic rings. The summed E-state index contributed by atoms with van der Waals surface area (Å²) in [6, 6.07) is 5.82. The minimum atomic E-state index is -1.06. The van der Waals surface area contributed by atoms with Crippen LogP contribution in [0.25, 0.3) is 0 Å². The summed E-state index contributed by atoms with van der Waals surface area (Å²) >= 11 is 0. The second-order valence-corrected chi connectivity index (χ2v) is 4.27. The summed E-state index contributed by atoms with van der Waals surface area (Å²) in [7, 11) is 3.01. The Morgan fingerprint density at radius 3 is 2.55 bits per heavy atom. The predicted octanol–water partition coefficient (Wildman–Crippen LogP) is 1.26. The minimum Gasteiger partial charge on any atom is -0.490 e. The fourth-order valence-electron chi connectivity index (χ4n) is 1.54. The molecule has 0 saturated carbocycles. The zero-order valence-corrected chi connectivity index (χ0v) is 11.8. The summed E-state index contributed by atoms with van der Waals surface area (Å²) in [5.41, 5.74) is 0.333. The van der Waals surface area contributed by atoms with E-state index in [1.165, 1.54) is 18.9 Å². The molecule has 0 aromatic heterocycles. The number of carboxylic acids is 1. The third kappa shape index (κ3) is 3.96. The Balaban J connectivity index is 2.89. The Morgan fingerprint density at radius 2 is 1.95 bits per heavy atom. The molecule has 0 radical (unpaired) electrons. The van der Waals surface area contributed by atoms with E-state index in [1.54, 1.807) is 31.4 Å². The van der Waals surface area contributed by atoms with E-state index in [-0.39, 0.29) is 0 Å². The van der Waals surface area contributed by atoms with Gasteiger partial charge in [0.1, 0.15) is 18.4 Å². The molecular formula is C14H19NO5. The lowest BCUT2D eigenvalue weighted by atomic mass is 10.1. The van der Waals surface area contributed by atoms with Crippen molar-refractivity contribution in [1.29, 1.82) is 0 Å². The van der Waals surface area contributed by atoms with Gasteiger partial charge in [0.15, 0.2) is 0 Å². The van der Waals surface area contributed by atoms with Crippen molar-refractivity contribution in [2.45, 2.75) is 13.0 Å². The lowest BCUT2D eigenvalue weighted by Gasteiger charge is -2.22. The highest BCUT2D eigenvalue weighted by atomic mass is 16.5. The summed E-state index contributed by atoms with van der Waals surface area (Å²) in [6.07, 6.45) is 0. The second-order valence-electron chi connectivity index (χ2n) is 4.27. The van der Waals surface area contributed by atoms with Crippen molar-refractivity contribution in [1.82, 2.24) is 4.90 Å². The van der Waals surface area contributed by atoms with Gasteiger partial charge in [0.05, 0.1) is 12.2 Å².